The molecule has 4 nitrogen and oxygen atoms in total. The highest BCUT2D eigenvalue weighted by molar-refractivity contribution is 9.10. The first-order chi connectivity index (χ1) is 8.93. The summed E-state index contributed by atoms with van der Waals surface area (Å²) in [5.74, 6) is -0.967. The zero-order valence-corrected chi connectivity index (χ0v) is 12.7. The van der Waals surface area contributed by atoms with Crippen molar-refractivity contribution in [2.24, 2.45) is 0 Å². The quantitative estimate of drug-likeness (QED) is 0.912. The number of hydrogen-bond acceptors (Lipinski definition) is 2. The maximum absolute atomic E-state index is 11.2. The summed E-state index contributed by atoms with van der Waals surface area (Å²) in [4.78, 5) is 11.2. The fraction of sp³-hybridized carbons (Fsp3) is 0.231. The van der Waals surface area contributed by atoms with Crippen LogP contribution in [0.3, 0.4) is 0 Å². The molecule has 1 heterocycles. The average molecular weight is 344 g/mol. The standard InChI is InChI=1S/C13H12BrClN2O2/c1-7(2)12-10(14)11(13(18)19)16-17(12)9-6-4-3-5-8(9)15/h3-7H,1-2H3,(H,18,19). The van der Waals surface area contributed by atoms with Crippen LogP contribution in [0.25, 0.3) is 5.69 Å². The van der Waals surface area contributed by atoms with Crippen LogP contribution in [-0.4, -0.2) is 20.9 Å². The van der Waals surface area contributed by atoms with E-state index < -0.39 is 5.97 Å². The van der Waals surface area contributed by atoms with Crippen LogP contribution in [-0.2, 0) is 0 Å². The van der Waals surface area contributed by atoms with Crippen molar-refractivity contribution < 1.29 is 9.90 Å². The lowest BCUT2D eigenvalue weighted by atomic mass is 10.1. The molecular formula is C13H12BrClN2O2. The van der Waals surface area contributed by atoms with Gasteiger partial charge in [0, 0.05) is 0 Å². The van der Waals surface area contributed by atoms with Crippen LogP contribution in [0.2, 0.25) is 5.02 Å². The van der Waals surface area contributed by atoms with Crippen molar-refractivity contribution in [3.05, 3.63) is 45.1 Å². The van der Waals surface area contributed by atoms with Crippen LogP contribution in [0, 0.1) is 0 Å². The van der Waals surface area contributed by atoms with Gasteiger partial charge in [-0.15, -0.1) is 0 Å². The normalized spacial score (nSPS) is 11.0. The Morgan fingerprint density at radius 1 is 1.42 bits per heavy atom. The summed E-state index contributed by atoms with van der Waals surface area (Å²) in [6.45, 7) is 3.95. The van der Waals surface area contributed by atoms with Crippen molar-refractivity contribution in [2.75, 3.05) is 0 Å². The molecule has 0 fully saturated rings. The molecule has 0 bridgehead atoms. The summed E-state index contributed by atoms with van der Waals surface area (Å²) in [5, 5.41) is 13.8. The van der Waals surface area contributed by atoms with Crippen LogP contribution in [0.1, 0.15) is 35.9 Å². The van der Waals surface area contributed by atoms with Crippen LogP contribution in [0.5, 0.6) is 0 Å². The predicted molar refractivity (Wildman–Crippen MR) is 77.3 cm³/mol. The van der Waals surface area contributed by atoms with Crippen molar-refractivity contribution in [1.82, 2.24) is 9.78 Å². The molecule has 2 rings (SSSR count). The van der Waals surface area contributed by atoms with Gasteiger partial charge in [0.15, 0.2) is 5.69 Å². The minimum Gasteiger partial charge on any atom is -0.476 e. The summed E-state index contributed by atoms with van der Waals surface area (Å²) < 4.78 is 2.08. The number of carbonyl (C=O) groups is 1. The molecule has 0 unspecified atom stereocenters. The van der Waals surface area contributed by atoms with Crippen LogP contribution < -0.4 is 0 Å². The lowest BCUT2D eigenvalue weighted by Gasteiger charge is -2.11. The summed E-state index contributed by atoms with van der Waals surface area (Å²) in [5.41, 5.74) is 1.44. The van der Waals surface area contributed by atoms with Crippen LogP contribution in [0.15, 0.2) is 28.7 Å². The topological polar surface area (TPSA) is 55.1 Å². The fourth-order valence-electron chi connectivity index (χ4n) is 1.85. The molecule has 19 heavy (non-hydrogen) atoms. The molecule has 0 spiro atoms. The van der Waals surface area contributed by atoms with Gasteiger partial charge < -0.3 is 5.11 Å². The molecule has 0 aliphatic rings. The number of rotatable bonds is 3. The number of benzene rings is 1. The molecule has 2 aromatic rings. The van der Waals surface area contributed by atoms with Crippen molar-refractivity contribution in [1.29, 1.82) is 0 Å². The summed E-state index contributed by atoms with van der Waals surface area (Å²) in [6, 6.07) is 7.20. The molecule has 0 saturated heterocycles. The number of nitrogens with zero attached hydrogens (tertiary/aromatic N) is 2. The zero-order valence-electron chi connectivity index (χ0n) is 10.4. The Bertz CT molecular complexity index is 638. The number of carboxylic acids is 1. The number of para-hydroxylation sites is 1. The minimum atomic E-state index is -1.07. The molecule has 0 amide bonds. The first-order valence-electron chi connectivity index (χ1n) is 5.70. The van der Waals surface area contributed by atoms with E-state index in [0.29, 0.717) is 15.2 Å². The SMILES string of the molecule is CC(C)c1c(Br)c(C(=O)O)nn1-c1ccccc1Cl. The number of aromatic carboxylic acids is 1. The second-order valence-corrected chi connectivity index (χ2v) is 5.57. The molecule has 6 heteroatoms. The maximum Gasteiger partial charge on any atom is 0.357 e. The second-order valence-electron chi connectivity index (χ2n) is 4.37. The Kier molecular flexibility index (Phi) is 3.96. The van der Waals surface area contributed by atoms with E-state index in [1.165, 1.54) is 0 Å². The number of carboxylic acid groups (broad SMARTS) is 1. The molecule has 1 N–H and O–H groups in total. The second kappa shape index (κ2) is 5.35. The van der Waals surface area contributed by atoms with Gasteiger partial charge in [-0.3, -0.25) is 0 Å². The third-order valence-electron chi connectivity index (χ3n) is 2.69. The van der Waals surface area contributed by atoms with E-state index in [4.69, 9.17) is 16.7 Å². The van der Waals surface area contributed by atoms with E-state index in [1.54, 1.807) is 16.8 Å². The highest BCUT2D eigenvalue weighted by Crippen LogP contribution is 2.32. The molecule has 0 aliphatic carbocycles. The van der Waals surface area contributed by atoms with Gasteiger partial charge in [0.25, 0.3) is 0 Å². The van der Waals surface area contributed by atoms with Gasteiger partial charge in [-0.2, -0.15) is 5.10 Å². The van der Waals surface area contributed by atoms with Gasteiger partial charge in [-0.25, -0.2) is 9.48 Å². The smallest absolute Gasteiger partial charge is 0.357 e. The zero-order chi connectivity index (χ0) is 14.2. The van der Waals surface area contributed by atoms with E-state index in [-0.39, 0.29) is 11.6 Å². The van der Waals surface area contributed by atoms with Crippen molar-refractivity contribution in [2.45, 2.75) is 19.8 Å². The predicted octanol–water partition coefficient (Wildman–Crippen LogP) is 4.11. The Labute approximate surface area is 124 Å². The highest BCUT2D eigenvalue weighted by Gasteiger charge is 2.24. The molecule has 1 aromatic carbocycles. The van der Waals surface area contributed by atoms with Crippen molar-refractivity contribution in [3.63, 3.8) is 0 Å². The average Bonchev–Trinajstić information content (AvgIpc) is 2.67. The largest absolute Gasteiger partial charge is 0.476 e. The number of hydrogen-bond donors (Lipinski definition) is 1. The molecular weight excluding hydrogens is 332 g/mol. The maximum atomic E-state index is 11.2. The lowest BCUT2D eigenvalue weighted by molar-refractivity contribution is 0.0689. The molecule has 0 radical (unpaired) electrons. The Morgan fingerprint density at radius 3 is 2.58 bits per heavy atom. The number of aromatic nitrogens is 2. The van der Waals surface area contributed by atoms with E-state index in [2.05, 4.69) is 21.0 Å². The minimum absolute atomic E-state index is 0.0105. The molecule has 0 saturated carbocycles. The van der Waals surface area contributed by atoms with Gasteiger partial charge in [-0.05, 0) is 34.0 Å². The first-order valence-corrected chi connectivity index (χ1v) is 6.87. The third-order valence-corrected chi connectivity index (χ3v) is 3.79. The van der Waals surface area contributed by atoms with Gasteiger partial charge in [0.1, 0.15) is 0 Å². The first kappa shape index (κ1) is 14.1. The van der Waals surface area contributed by atoms with Gasteiger partial charge in [0.05, 0.1) is 20.9 Å². The van der Waals surface area contributed by atoms with E-state index in [0.717, 1.165) is 5.69 Å². The fourth-order valence-corrected chi connectivity index (χ4v) is 2.94. The third kappa shape index (κ3) is 2.53. The highest BCUT2D eigenvalue weighted by atomic mass is 79.9. The molecule has 1 aromatic heterocycles. The van der Waals surface area contributed by atoms with Gasteiger partial charge in [0.2, 0.25) is 0 Å². The molecule has 0 atom stereocenters. The summed E-state index contributed by atoms with van der Waals surface area (Å²) >= 11 is 9.47. The summed E-state index contributed by atoms with van der Waals surface area (Å²) in [6.07, 6.45) is 0. The lowest BCUT2D eigenvalue weighted by Crippen LogP contribution is -2.05. The Hall–Kier alpha value is -1.33. The Balaban J connectivity index is 2.73. The van der Waals surface area contributed by atoms with Gasteiger partial charge >= 0.3 is 5.97 Å². The van der Waals surface area contributed by atoms with Crippen LogP contribution in [0.4, 0.5) is 0 Å². The van der Waals surface area contributed by atoms with Crippen LogP contribution >= 0.6 is 27.5 Å². The van der Waals surface area contributed by atoms with Crippen molar-refractivity contribution >= 4 is 33.5 Å². The van der Waals surface area contributed by atoms with E-state index in [1.807, 2.05) is 26.0 Å². The monoisotopic (exact) mass is 342 g/mol. The van der Waals surface area contributed by atoms with Gasteiger partial charge in [-0.1, -0.05) is 37.6 Å². The number of halogens is 2. The Morgan fingerprint density at radius 2 is 2.05 bits per heavy atom. The van der Waals surface area contributed by atoms with E-state index >= 15 is 0 Å². The molecule has 100 valence electrons. The molecule has 0 aliphatic heterocycles. The summed E-state index contributed by atoms with van der Waals surface area (Å²) in [7, 11) is 0. The van der Waals surface area contributed by atoms with E-state index in [9.17, 15) is 4.79 Å². The van der Waals surface area contributed by atoms with Crippen molar-refractivity contribution in [3.8, 4) is 5.69 Å².